The van der Waals surface area contributed by atoms with Crippen LogP contribution in [0.2, 0.25) is 10.0 Å². The zero-order valence-corrected chi connectivity index (χ0v) is 16.3. The smallest absolute Gasteiger partial charge is 0.253 e. The van der Waals surface area contributed by atoms with Gasteiger partial charge in [0, 0.05) is 47.7 Å². The maximum Gasteiger partial charge on any atom is 0.253 e. The fourth-order valence-electron chi connectivity index (χ4n) is 3.71. The van der Waals surface area contributed by atoms with Gasteiger partial charge in [-0.3, -0.25) is 9.59 Å². The van der Waals surface area contributed by atoms with E-state index in [0.29, 0.717) is 41.8 Å². The van der Waals surface area contributed by atoms with Crippen LogP contribution in [0.1, 0.15) is 28.3 Å². The molecule has 2 aromatic rings. The second kappa shape index (κ2) is 7.53. The van der Waals surface area contributed by atoms with Gasteiger partial charge in [0.05, 0.1) is 0 Å². The van der Waals surface area contributed by atoms with Crippen molar-refractivity contribution in [3.8, 4) is 0 Å². The average molecular weight is 403 g/mol. The molecule has 6 heteroatoms. The molecule has 27 heavy (non-hydrogen) atoms. The molecule has 0 N–H and O–H groups in total. The number of hydrogen-bond donors (Lipinski definition) is 0. The van der Waals surface area contributed by atoms with Crippen molar-refractivity contribution >= 4 is 35.0 Å². The van der Waals surface area contributed by atoms with Crippen molar-refractivity contribution in [2.45, 2.75) is 12.3 Å². The highest BCUT2D eigenvalue weighted by Crippen LogP contribution is 2.48. The molecule has 2 fully saturated rings. The maximum absolute atomic E-state index is 12.8. The normalized spacial score (nSPS) is 21.9. The van der Waals surface area contributed by atoms with E-state index in [4.69, 9.17) is 23.2 Å². The van der Waals surface area contributed by atoms with Gasteiger partial charge in [-0.05, 0) is 54.3 Å². The number of halogens is 2. The number of rotatable bonds is 3. The molecule has 2 aliphatic rings. The lowest BCUT2D eigenvalue weighted by Gasteiger charge is -2.35. The summed E-state index contributed by atoms with van der Waals surface area (Å²) in [6.45, 7) is 2.28. The molecule has 2 unspecified atom stereocenters. The summed E-state index contributed by atoms with van der Waals surface area (Å²) in [6.07, 6.45) is 0.878. The number of carbonyl (C=O) groups is 2. The molecular weight excluding hydrogens is 383 g/mol. The van der Waals surface area contributed by atoms with E-state index in [9.17, 15) is 9.59 Å². The molecular formula is C21H20Cl2N2O2. The van der Waals surface area contributed by atoms with Crippen LogP contribution in [0.4, 0.5) is 0 Å². The molecule has 0 spiro atoms. The van der Waals surface area contributed by atoms with E-state index in [2.05, 4.69) is 0 Å². The van der Waals surface area contributed by atoms with Crippen LogP contribution < -0.4 is 0 Å². The van der Waals surface area contributed by atoms with E-state index in [1.54, 1.807) is 29.2 Å². The molecule has 1 aliphatic heterocycles. The Kier molecular flexibility index (Phi) is 5.11. The van der Waals surface area contributed by atoms with E-state index in [0.717, 1.165) is 12.0 Å². The lowest BCUT2D eigenvalue weighted by Crippen LogP contribution is -2.51. The number of benzene rings is 2. The molecule has 2 atom stereocenters. The number of carbonyl (C=O) groups excluding carboxylic acids is 2. The Morgan fingerprint density at radius 1 is 0.852 bits per heavy atom. The summed E-state index contributed by atoms with van der Waals surface area (Å²) < 4.78 is 0. The Bertz CT molecular complexity index is 861. The first kappa shape index (κ1) is 18.3. The van der Waals surface area contributed by atoms with Gasteiger partial charge in [-0.2, -0.15) is 0 Å². The van der Waals surface area contributed by atoms with E-state index in [-0.39, 0.29) is 23.7 Å². The van der Waals surface area contributed by atoms with Crippen molar-refractivity contribution in [1.82, 2.24) is 9.80 Å². The van der Waals surface area contributed by atoms with Gasteiger partial charge >= 0.3 is 0 Å². The summed E-state index contributed by atoms with van der Waals surface area (Å²) >= 11 is 11.9. The first-order valence-electron chi connectivity index (χ1n) is 9.12. The summed E-state index contributed by atoms with van der Waals surface area (Å²) in [5, 5.41) is 1.32. The Balaban J connectivity index is 1.32. The molecule has 2 amide bonds. The van der Waals surface area contributed by atoms with Gasteiger partial charge in [-0.1, -0.05) is 35.3 Å². The third-order valence-electron chi connectivity index (χ3n) is 5.35. The summed E-state index contributed by atoms with van der Waals surface area (Å²) in [5.74, 6) is 0.493. The minimum atomic E-state index is -0.0120. The lowest BCUT2D eigenvalue weighted by atomic mass is 10.1. The maximum atomic E-state index is 12.8. The van der Waals surface area contributed by atoms with Crippen molar-refractivity contribution in [3.63, 3.8) is 0 Å². The van der Waals surface area contributed by atoms with Crippen LogP contribution >= 0.6 is 23.2 Å². The number of piperazine rings is 1. The van der Waals surface area contributed by atoms with Gasteiger partial charge in [-0.25, -0.2) is 0 Å². The zero-order valence-electron chi connectivity index (χ0n) is 14.8. The summed E-state index contributed by atoms with van der Waals surface area (Å²) in [7, 11) is 0. The third kappa shape index (κ3) is 3.97. The Morgan fingerprint density at radius 2 is 1.52 bits per heavy atom. The molecule has 1 aliphatic carbocycles. The van der Waals surface area contributed by atoms with Gasteiger partial charge in [0.15, 0.2) is 0 Å². The van der Waals surface area contributed by atoms with Crippen LogP contribution in [0, 0.1) is 5.92 Å². The second-order valence-electron chi connectivity index (χ2n) is 7.13. The fraction of sp³-hybridized carbons (Fsp3) is 0.333. The predicted molar refractivity (Wildman–Crippen MR) is 106 cm³/mol. The van der Waals surface area contributed by atoms with Crippen LogP contribution in [0.3, 0.4) is 0 Å². The lowest BCUT2D eigenvalue weighted by molar-refractivity contribution is -0.134. The van der Waals surface area contributed by atoms with E-state index < -0.39 is 0 Å². The van der Waals surface area contributed by atoms with Crippen molar-refractivity contribution < 1.29 is 9.59 Å². The molecule has 0 radical (unpaired) electrons. The van der Waals surface area contributed by atoms with Gasteiger partial charge in [0.2, 0.25) is 5.91 Å². The zero-order chi connectivity index (χ0) is 19.0. The topological polar surface area (TPSA) is 40.6 Å². The fourth-order valence-corrected chi connectivity index (χ4v) is 4.04. The van der Waals surface area contributed by atoms with Crippen LogP contribution in [-0.4, -0.2) is 47.8 Å². The highest BCUT2D eigenvalue weighted by molar-refractivity contribution is 6.31. The van der Waals surface area contributed by atoms with Gasteiger partial charge < -0.3 is 9.80 Å². The highest BCUT2D eigenvalue weighted by atomic mass is 35.5. The van der Waals surface area contributed by atoms with Gasteiger partial charge in [0.25, 0.3) is 5.91 Å². The minimum Gasteiger partial charge on any atom is -0.339 e. The molecule has 4 rings (SSSR count). The quantitative estimate of drug-likeness (QED) is 0.775. The number of nitrogens with zero attached hydrogens (tertiary/aromatic N) is 2. The molecule has 0 bridgehead atoms. The molecule has 2 aromatic carbocycles. The summed E-state index contributed by atoms with van der Waals surface area (Å²) in [4.78, 5) is 29.0. The predicted octanol–water partition coefficient (Wildman–Crippen LogP) is 4.08. The van der Waals surface area contributed by atoms with Gasteiger partial charge in [-0.15, -0.1) is 0 Å². The van der Waals surface area contributed by atoms with Crippen LogP contribution in [-0.2, 0) is 4.79 Å². The largest absolute Gasteiger partial charge is 0.339 e. The molecule has 4 nitrogen and oxygen atoms in total. The van der Waals surface area contributed by atoms with E-state index in [1.165, 1.54) is 0 Å². The second-order valence-corrected chi connectivity index (χ2v) is 8.00. The summed E-state index contributed by atoms with van der Waals surface area (Å²) in [6, 6.07) is 14.7. The molecule has 140 valence electrons. The average Bonchev–Trinajstić information content (AvgIpc) is 3.48. The Hall–Kier alpha value is -2.04. The summed E-state index contributed by atoms with van der Waals surface area (Å²) in [5.41, 5.74) is 1.76. The van der Waals surface area contributed by atoms with E-state index in [1.807, 2.05) is 29.2 Å². The SMILES string of the molecule is O=C(c1ccc(Cl)cc1)N1CCN(C(=O)C2CC2c2cccc(Cl)c2)CC1. The van der Waals surface area contributed by atoms with Crippen LogP contribution in [0.25, 0.3) is 0 Å². The first-order valence-corrected chi connectivity index (χ1v) is 9.87. The van der Waals surface area contributed by atoms with E-state index >= 15 is 0 Å². The number of amides is 2. The number of hydrogen-bond acceptors (Lipinski definition) is 2. The Morgan fingerprint density at radius 3 is 2.19 bits per heavy atom. The standard InChI is InChI=1S/C21H20Cl2N2O2/c22-16-6-4-14(5-7-16)20(26)24-8-10-25(11-9-24)21(27)19-13-18(19)15-2-1-3-17(23)12-15/h1-7,12,18-19H,8-11,13H2. The van der Waals surface area contributed by atoms with Crippen molar-refractivity contribution in [2.75, 3.05) is 26.2 Å². The van der Waals surface area contributed by atoms with Crippen molar-refractivity contribution in [1.29, 1.82) is 0 Å². The monoisotopic (exact) mass is 402 g/mol. The molecule has 1 saturated heterocycles. The molecule has 1 saturated carbocycles. The minimum absolute atomic E-state index is 0.0120. The highest BCUT2D eigenvalue weighted by Gasteiger charge is 2.46. The van der Waals surface area contributed by atoms with Gasteiger partial charge in [0.1, 0.15) is 0 Å². The third-order valence-corrected chi connectivity index (χ3v) is 5.84. The van der Waals surface area contributed by atoms with Crippen molar-refractivity contribution in [2.24, 2.45) is 5.92 Å². The molecule has 1 heterocycles. The molecule has 0 aromatic heterocycles. The first-order chi connectivity index (χ1) is 13.0. The van der Waals surface area contributed by atoms with Crippen molar-refractivity contribution in [3.05, 3.63) is 69.7 Å². The Labute approximate surface area is 168 Å². The van der Waals surface area contributed by atoms with Crippen LogP contribution in [0.15, 0.2) is 48.5 Å². The van der Waals surface area contributed by atoms with Crippen LogP contribution in [0.5, 0.6) is 0 Å².